The zero-order valence-corrected chi connectivity index (χ0v) is 19.5. The quantitative estimate of drug-likeness (QED) is 0.557. The molecule has 8 nitrogen and oxygen atoms in total. The van der Waals surface area contributed by atoms with Crippen LogP contribution in [-0.2, 0) is 14.8 Å². The van der Waals surface area contributed by atoms with Gasteiger partial charge in [0, 0.05) is 38.8 Å². The topological polar surface area (TPSA) is 88.2 Å². The molecule has 1 amide bonds. The number of benzene rings is 2. The van der Waals surface area contributed by atoms with Gasteiger partial charge in [-0.15, -0.1) is 0 Å². The molecular weight excluding hydrogens is 449 g/mol. The van der Waals surface area contributed by atoms with Crippen molar-refractivity contribution in [2.24, 2.45) is 0 Å². The summed E-state index contributed by atoms with van der Waals surface area (Å²) in [7, 11) is -0.469. The fraction of sp³-hybridized carbons (Fsp3) is 0.348. The summed E-state index contributed by atoms with van der Waals surface area (Å²) in [5, 5.41) is 2.59. The van der Waals surface area contributed by atoms with Gasteiger partial charge in [-0.3, -0.25) is 4.79 Å². The van der Waals surface area contributed by atoms with Crippen molar-refractivity contribution in [1.29, 1.82) is 0 Å². The Bertz CT molecular complexity index is 1100. The number of para-hydroxylation sites is 1. The van der Waals surface area contributed by atoms with E-state index in [9.17, 15) is 17.6 Å². The van der Waals surface area contributed by atoms with Gasteiger partial charge in [0.2, 0.25) is 15.9 Å². The van der Waals surface area contributed by atoms with Crippen LogP contribution in [0.5, 0.6) is 11.5 Å². The number of ether oxygens (including phenoxy) is 2. The molecule has 1 saturated heterocycles. The Morgan fingerprint density at radius 3 is 2.42 bits per heavy atom. The van der Waals surface area contributed by atoms with Gasteiger partial charge in [-0.05, 0) is 35.9 Å². The van der Waals surface area contributed by atoms with Crippen LogP contribution in [0, 0.1) is 5.82 Å². The number of methoxy groups -OCH3 is 2. The van der Waals surface area contributed by atoms with E-state index in [1.54, 1.807) is 42.5 Å². The highest BCUT2D eigenvalue weighted by atomic mass is 32.2. The minimum Gasteiger partial charge on any atom is -0.493 e. The maximum atomic E-state index is 14.0. The fourth-order valence-electron chi connectivity index (χ4n) is 3.53. The number of nitrogens with zero attached hydrogens (tertiary/aromatic N) is 2. The molecule has 1 aliphatic heterocycles. The van der Waals surface area contributed by atoms with Gasteiger partial charge in [-0.1, -0.05) is 18.2 Å². The normalized spacial score (nSPS) is 14.9. The van der Waals surface area contributed by atoms with Gasteiger partial charge in [0.15, 0.2) is 11.5 Å². The van der Waals surface area contributed by atoms with Crippen molar-refractivity contribution in [3.8, 4) is 11.5 Å². The van der Waals surface area contributed by atoms with Crippen molar-refractivity contribution in [2.75, 3.05) is 57.6 Å². The third-order valence-electron chi connectivity index (χ3n) is 5.32. The smallest absolute Gasteiger partial charge is 0.244 e. The maximum absolute atomic E-state index is 14.0. The van der Waals surface area contributed by atoms with Crippen molar-refractivity contribution in [2.45, 2.75) is 0 Å². The van der Waals surface area contributed by atoms with Crippen molar-refractivity contribution in [1.82, 2.24) is 9.62 Å². The molecule has 0 unspecified atom stereocenters. The third-order valence-corrected chi connectivity index (χ3v) is 7.19. The molecule has 0 radical (unpaired) electrons. The van der Waals surface area contributed by atoms with Crippen molar-refractivity contribution in [3.05, 3.63) is 59.9 Å². The van der Waals surface area contributed by atoms with Crippen molar-refractivity contribution in [3.63, 3.8) is 0 Å². The first-order chi connectivity index (χ1) is 15.8. The highest BCUT2D eigenvalue weighted by molar-refractivity contribution is 7.89. The zero-order valence-electron chi connectivity index (χ0n) is 18.7. The molecule has 0 bridgehead atoms. The van der Waals surface area contributed by atoms with E-state index in [-0.39, 0.29) is 31.2 Å². The van der Waals surface area contributed by atoms with E-state index < -0.39 is 15.9 Å². The number of sulfonamides is 1. The summed E-state index contributed by atoms with van der Waals surface area (Å²) >= 11 is 0. The SMILES string of the molecule is COc1ccc(/C=C/C(=O)NCCS(=O)(=O)N2CCN(c3ccccc3F)CC2)cc1OC. The minimum atomic E-state index is -3.53. The first-order valence-corrected chi connectivity index (χ1v) is 12.1. The lowest BCUT2D eigenvalue weighted by Crippen LogP contribution is -2.50. The second-order valence-corrected chi connectivity index (χ2v) is 9.48. The first-order valence-electron chi connectivity index (χ1n) is 10.5. The van der Waals surface area contributed by atoms with Crippen molar-refractivity contribution >= 4 is 27.7 Å². The zero-order chi connectivity index (χ0) is 23.8. The third kappa shape index (κ3) is 6.45. The Hall–Kier alpha value is -3.11. The second kappa shape index (κ2) is 11.2. The summed E-state index contributed by atoms with van der Waals surface area (Å²) in [6, 6.07) is 11.7. The molecule has 0 atom stereocenters. The van der Waals surface area contributed by atoms with E-state index in [1.807, 2.05) is 4.90 Å². The molecule has 178 valence electrons. The number of hydrogen-bond donors (Lipinski definition) is 1. The summed E-state index contributed by atoms with van der Waals surface area (Å²) in [6.07, 6.45) is 2.94. The Kier molecular flexibility index (Phi) is 8.29. The number of piperazine rings is 1. The molecule has 1 heterocycles. The number of halogens is 1. The average molecular weight is 478 g/mol. The van der Waals surface area contributed by atoms with Crippen LogP contribution in [-0.4, -0.2) is 71.3 Å². The molecule has 0 spiro atoms. The van der Waals surface area contributed by atoms with Crippen LogP contribution < -0.4 is 19.7 Å². The van der Waals surface area contributed by atoms with E-state index in [1.165, 1.54) is 30.7 Å². The number of rotatable bonds is 9. The Labute approximate surface area is 193 Å². The molecule has 0 aliphatic carbocycles. The largest absolute Gasteiger partial charge is 0.493 e. The van der Waals surface area contributed by atoms with Crippen LogP contribution in [0.3, 0.4) is 0 Å². The molecule has 1 fully saturated rings. The molecule has 2 aromatic carbocycles. The minimum absolute atomic E-state index is 0.00896. The monoisotopic (exact) mass is 477 g/mol. The van der Waals surface area contributed by atoms with Gasteiger partial charge < -0.3 is 19.7 Å². The molecule has 0 saturated carbocycles. The predicted octanol–water partition coefficient (Wildman–Crippen LogP) is 2.12. The first kappa shape index (κ1) is 24.5. The van der Waals surface area contributed by atoms with Crippen LogP contribution in [0.4, 0.5) is 10.1 Å². The van der Waals surface area contributed by atoms with E-state index in [0.29, 0.717) is 30.3 Å². The van der Waals surface area contributed by atoms with E-state index in [0.717, 1.165) is 5.56 Å². The molecule has 33 heavy (non-hydrogen) atoms. The van der Waals surface area contributed by atoms with E-state index in [4.69, 9.17) is 9.47 Å². The van der Waals surface area contributed by atoms with Crippen LogP contribution in [0.2, 0.25) is 0 Å². The van der Waals surface area contributed by atoms with Gasteiger partial charge in [-0.2, -0.15) is 4.31 Å². The molecule has 10 heteroatoms. The number of hydrogen-bond acceptors (Lipinski definition) is 6. The van der Waals surface area contributed by atoms with Crippen LogP contribution in [0.15, 0.2) is 48.5 Å². The lowest BCUT2D eigenvalue weighted by atomic mass is 10.2. The molecule has 0 aromatic heterocycles. The summed E-state index contributed by atoms with van der Waals surface area (Å²) in [4.78, 5) is 13.9. The molecule has 2 aromatic rings. The second-order valence-electron chi connectivity index (χ2n) is 7.39. The Morgan fingerprint density at radius 2 is 1.76 bits per heavy atom. The molecular formula is C23H28FN3O5S. The number of amides is 1. The maximum Gasteiger partial charge on any atom is 0.244 e. The lowest BCUT2D eigenvalue weighted by Gasteiger charge is -2.35. The predicted molar refractivity (Wildman–Crippen MR) is 126 cm³/mol. The summed E-state index contributed by atoms with van der Waals surface area (Å²) in [5.74, 6) is 0.199. The van der Waals surface area contributed by atoms with Gasteiger partial charge in [-0.25, -0.2) is 12.8 Å². The number of carbonyl (C=O) groups excluding carboxylic acids is 1. The van der Waals surface area contributed by atoms with Gasteiger partial charge in [0.1, 0.15) is 5.82 Å². The highest BCUT2D eigenvalue weighted by Gasteiger charge is 2.27. The van der Waals surface area contributed by atoms with Crippen LogP contribution in [0.1, 0.15) is 5.56 Å². The lowest BCUT2D eigenvalue weighted by molar-refractivity contribution is -0.116. The van der Waals surface area contributed by atoms with Crippen molar-refractivity contribution < 1.29 is 27.1 Å². The fourth-order valence-corrected chi connectivity index (χ4v) is 4.87. The summed E-state index contributed by atoms with van der Waals surface area (Å²) in [6.45, 7) is 1.33. The Balaban J connectivity index is 1.46. The number of nitrogens with one attached hydrogen (secondary N) is 1. The summed E-state index contributed by atoms with van der Waals surface area (Å²) < 4.78 is 51.0. The standard InChI is InChI=1S/C23H28FN3O5S/c1-31-21-9-7-18(17-22(21)32-2)8-10-23(28)25-11-16-33(29,30)27-14-12-26(13-15-27)20-6-4-3-5-19(20)24/h3-10,17H,11-16H2,1-2H3,(H,25,28)/b10-8+. The molecule has 1 N–H and O–H groups in total. The van der Waals surface area contributed by atoms with Gasteiger partial charge in [0.25, 0.3) is 0 Å². The number of anilines is 1. The Morgan fingerprint density at radius 1 is 1.06 bits per heavy atom. The van der Waals surface area contributed by atoms with Crippen LogP contribution >= 0.6 is 0 Å². The molecule has 1 aliphatic rings. The summed E-state index contributed by atoms with van der Waals surface area (Å²) in [5.41, 5.74) is 1.21. The molecule has 3 rings (SSSR count). The van der Waals surface area contributed by atoms with E-state index in [2.05, 4.69) is 5.32 Å². The number of carbonyl (C=O) groups is 1. The average Bonchev–Trinajstić information content (AvgIpc) is 2.82. The van der Waals surface area contributed by atoms with E-state index >= 15 is 0 Å². The van der Waals surface area contributed by atoms with Gasteiger partial charge in [0.05, 0.1) is 25.7 Å². The highest BCUT2D eigenvalue weighted by Crippen LogP contribution is 2.28. The van der Waals surface area contributed by atoms with Gasteiger partial charge >= 0.3 is 0 Å². The van der Waals surface area contributed by atoms with Crippen LogP contribution in [0.25, 0.3) is 6.08 Å².